The van der Waals surface area contributed by atoms with Crippen molar-refractivity contribution in [3.8, 4) is 0 Å². The van der Waals surface area contributed by atoms with E-state index in [1.165, 1.54) is 12.8 Å². The zero-order valence-electron chi connectivity index (χ0n) is 10.8. The van der Waals surface area contributed by atoms with E-state index in [9.17, 15) is 0 Å². The second kappa shape index (κ2) is 6.48. The largest absolute Gasteiger partial charge is 0.396 e. The molecule has 18 heavy (non-hydrogen) atoms. The first-order valence-electron chi connectivity index (χ1n) is 6.65. The van der Waals surface area contributed by atoms with Gasteiger partial charge in [-0.2, -0.15) is 0 Å². The minimum absolute atomic E-state index is 0.276. The number of aryl methyl sites for hydroxylation is 1. The molecule has 100 valence electrons. The Bertz CT molecular complexity index is 400. The normalized spacial score (nSPS) is 19.5. The maximum atomic E-state index is 8.96. The molecule has 1 fully saturated rings. The molecular weight excluding hydrogens is 294 g/mol. The monoisotopic (exact) mass is 313 g/mol. The third kappa shape index (κ3) is 3.20. The van der Waals surface area contributed by atoms with Crippen LogP contribution in [0.25, 0.3) is 0 Å². The van der Waals surface area contributed by atoms with E-state index in [4.69, 9.17) is 5.11 Å². The highest BCUT2D eigenvalue weighted by Crippen LogP contribution is 2.28. The Morgan fingerprint density at radius 2 is 2.33 bits per heavy atom. The highest BCUT2D eigenvalue weighted by atomic mass is 79.9. The van der Waals surface area contributed by atoms with Crippen molar-refractivity contribution in [3.05, 3.63) is 16.5 Å². The van der Waals surface area contributed by atoms with Crippen LogP contribution in [0, 0.1) is 0 Å². The predicted octanol–water partition coefficient (Wildman–Crippen LogP) is 2.54. The van der Waals surface area contributed by atoms with E-state index in [-0.39, 0.29) is 6.61 Å². The topological polar surface area (TPSA) is 49.2 Å². The van der Waals surface area contributed by atoms with Gasteiger partial charge in [0.1, 0.15) is 16.2 Å². The number of aliphatic hydroxyl groups is 1. The summed E-state index contributed by atoms with van der Waals surface area (Å²) in [5.74, 6) is 1.90. The smallest absolute Gasteiger partial charge is 0.133 e. The number of rotatable bonds is 5. The number of hydrogen-bond acceptors (Lipinski definition) is 4. The molecule has 1 unspecified atom stereocenters. The fraction of sp³-hybridized carbons (Fsp3) is 0.692. The lowest BCUT2D eigenvalue weighted by Gasteiger charge is -2.26. The van der Waals surface area contributed by atoms with Gasteiger partial charge in [0.05, 0.1) is 0 Å². The molecule has 2 rings (SSSR count). The van der Waals surface area contributed by atoms with Crippen LogP contribution in [0.3, 0.4) is 0 Å². The molecule has 1 saturated heterocycles. The van der Waals surface area contributed by atoms with Crippen molar-refractivity contribution in [2.24, 2.45) is 0 Å². The number of aromatic nitrogens is 2. The highest BCUT2D eigenvalue weighted by Gasteiger charge is 2.25. The van der Waals surface area contributed by atoms with Gasteiger partial charge in [-0.25, -0.2) is 9.97 Å². The summed E-state index contributed by atoms with van der Waals surface area (Å²) in [5, 5.41) is 8.96. The molecular formula is C13H20BrN3O. The Labute approximate surface area is 117 Å². The Hall–Kier alpha value is -0.680. The fourth-order valence-electron chi connectivity index (χ4n) is 2.52. The summed E-state index contributed by atoms with van der Waals surface area (Å²) in [6.45, 7) is 3.40. The van der Waals surface area contributed by atoms with Gasteiger partial charge < -0.3 is 10.0 Å². The molecule has 1 atom stereocenters. The van der Waals surface area contributed by atoms with E-state index in [1.54, 1.807) is 0 Å². The van der Waals surface area contributed by atoms with Gasteiger partial charge in [-0.15, -0.1) is 0 Å². The maximum absolute atomic E-state index is 8.96. The minimum atomic E-state index is 0.276. The van der Waals surface area contributed by atoms with Crippen LogP contribution in [0.5, 0.6) is 0 Å². The highest BCUT2D eigenvalue weighted by molar-refractivity contribution is 9.10. The maximum Gasteiger partial charge on any atom is 0.133 e. The van der Waals surface area contributed by atoms with Gasteiger partial charge in [-0.05, 0) is 41.6 Å². The summed E-state index contributed by atoms with van der Waals surface area (Å²) < 4.78 is 0.858. The lowest BCUT2D eigenvalue weighted by Crippen LogP contribution is -2.30. The van der Waals surface area contributed by atoms with Crippen molar-refractivity contribution in [1.29, 1.82) is 0 Å². The quantitative estimate of drug-likeness (QED) is 0.849. The molecule has 0 aliphatic carbocycles. The third-order valence-electron chi connectivity index (χ3n) is 3.41. The third-order valence-corrected chi connectivity index (χ3v) is 3.82. The summed E-state index contributed by atoms with van der Waals surface area (Å²) in [6, 6.07) is 2.51. The first-order chi connectivity index (χ1) is 8.74. The number of nitrogens with zero attached hydrogens (tertiary/aromatic N) is 3. The van der Waals surface area contributed by atoms with E-state index in [0.717, 1.165) is 42.1 Å². The Balaban J connectivity index is 2.16. The van der Waals surface area contributed by atoms with E-state index in [0.29, 0.717) is 6.04 Å². The average molecular weight is 314 g/mol. The molecule has 5 heteroatoms. The molecule has 0 bridgehead atoms. The average Bonchev–Trinajstić information content (AvgIpc) is 2.83. The van der Waals surface area contributed by atoms with E-state index in [2.05, 4.69) is 37.7 Å². The summed E-state index contributed by atoms with van der Waals surface area (Å²) in [7, 11) is 0. The van der Waals surface area contributed by atoms with Crippen LogP contribution < -0.4 is 4.90 Å². The van der Waals surface area contributed by atoms with E-state index < -0.39 is 0 Å². The number of aliphatic hydroxyl groups excluding tert-OH is 1. The van der Waals surface area contributed by atoms with Crippen LogP contribution >= 0.6 is 15.9 Å². The van der Waals surface area contributed by atoms with Crippen molar-refractivity contribution in [2.45, 2.75) is 45.1 Å². The van der Waals surface area contributed by atoms with Gasteiger partial charge in [0, 0.05) is 31.7 Å². The molecule has 0 amide bonds. The molecule has 1 N–H and O–H groups in total. The first-order valence-corrected chi connectivity index (χ1v) is 7.45. The number of halogens is 1. The summed E-state index contributed by atoms with van der Waals surface area (Å²) in [6.07, 6.45) is 5.16. The standard InChI is InChI=1S/C13H20BrN3O/c1-2-12-15-11(14)9-13(16-12)17-7-3-5-10(17)6-4-8-18/h9-10,18H,2-8H2,1H3. The molecule has 0 radical (unpaired) electrons. The van der Waals surface area contributed by atoms with Gasteiger partial charge >= 0.3 is 0 Å². The SMILES string of the molecule is CCc1nc(Br)cc(N2CCCC2CCCO)n1. The van der Waals surface area contributed by atoms with Gasteiger partial charge in [-0.3, -0.25) is 0 Å². The van der Waals surface area contributed by atoms with Crippen LogP contribution in [0.15, 0.2) is 10.7 Å². The Morgan fingerprint density at radius 1 is 1.50 bits per heavy atom. The van der Waals surface area contributed by atoms with E-state index >= 15 is 0 Å². The van der Waals surface area contributed by atoms with Crippen LogP contribution in [0.2, 0.25) is 0 Å². The molecule has 1 aliphatic rings. The second-order valence-electron chi connectivity index (χ2n) is 4.67. The van der Waals surface area contributed by atoms with Crippen molar-refractivity contribution in [3.63, 3.8) is 0 Å². The van der Waals surface area contributed by atoms with Crippen molar-refractivity contribution >= 4 is 21.7 Å². The lowest BCUT2D eigenvalue weighted by atomic mass is 10.1. The molecule has 1 aromatic heterocycles. The van der Waals surface area contributed by atoms with Crippen molar-refractivity contribution < 1.29 is 5.11 Å². The number of anilines is 1. The predicted molar refractivity (Wildman–Crippen MR) is 75.8 cm³/mol. The van der Waals surface area contributed by atoms with Gasteiger partial charge in [-0.1, -0.05) is 6.92 Å². The molecule has 1 aromatic rings. The van der Waals surface area contributed by atoms with Crippen molar-refractivity contribution in [2.75, 3.05) is 18.1 Å². The summed E-state index contributed by atoms with van der Waals surface area (Å²) in [5.41, 5.74) is 0. The summed E-state index contributed by atoms with van der Waals surface area (Å²) >= 11 is 3.46. The van der Waals surface area contributed by atoms with Gasteiger partial charge in [0.25, 0.3) is 0 Å². The Kier molecular flexibility index (Phi) is 4.95. The molecule has 1 aliphatic heterocycles. The van der Waals surface area contributed by atoms with Gasteiger partial charge in [0.2, 0.25) is 0 Å². The van der Waals surface area contributed by atoms with Crippen LogP contribution in [0.1, 0.15) is 38.4 Å². The van der Waals surface area contributed by atoms with Crippen LogP contribution in [-0.4, -0.2) is 34.3 Å². The zero-order valence-corrected chi connectivity index (χ0v) is 12.4. The lowest BCUT2D eigenvalue weighted by molar-refractivity contribution is 0.279. The molecule has 2 heterocycles. The van der Waals surface area contributed by atoms with Crippen LogP contribution in [0.4, 0.5) is 5.82 Å². The second-order valence-corrected chi connectivity index (χ2v) is 5.49. The van der Waals surface area contributed by atoms with Gasteiger partial charge in [0.15, 0.2) is 0 Å². The minimum Gasteiger partial charge on any atom is -0.396 e. The molecule has 0 saturated carbocycles. The fourth-order valence-corrected chi connectivity index (χ4v) is 2.93. The molecule has 0 spiro atoms. The first kappa shape index (κ1) is 13.7. The molecule has 0 aromatic carbocycles. The zero-order chi connectivity index (χ0) is 13.0. The van der Waals surface area contributed by atoms with E-state index in [1.807, 2.05) is 6.07 Å². The van der Waals surface area contributed by atoms with Crippen LogP contribution in [-0.2, 0) is 6.42 Å². The molecule has 4 nitrogen and oxygen atoms in total. The Morgan fingerprint density at radius 3 is 3.06 bits per heavy atom. The van der Waals surface area contributed by atoms with Crippen molar-refractivity contribution in [1.82, 2.24) is 9.97 Å². The summed E-state index contributed by atoms with van der Waals surface area (Å²) in [4.78, 5) is 11.3. The number of hydrogen-bond donors (Lipinski definition) is 1.